The Bertz CT molecular complexity index is 1050. The minimum Gasteiger partial charge on any atom is -0.462 e. The second-order valence-corrected chi connectivity index (χ2v) is 16.5. The van der Waals surface area contributed by atoms with Crippen molar-refractivity contribution in [3.63, 3.8) is 0 Å². The third kappa shape index (κ3) is 40.3. The van der Waals surface area contributed by atoms with Crippen molar-refractivity contribution in [1.29, 1.82) is 0 Å². The smallest absolute Gasteiger partial charge is 0.306 e. The van der Waals surface area contributed by atoms with E-state index in [2.05, 4.69) is 86.8 Å². The van der Waals surface area contributed by atoms with Crippen LogP contribution in [0.3, 0.4) is 0 Å². The number of hydrogen-bond donors (Lipinski definition) is 3. The molecule has 6 nitrogen and oxygen atoms in total. The maximum Gasteiger partial charge on any atom is 0.306 e. The first-order valence-corrected chi connectivity index (χ1v) is 24.5. The van der Waals surface area contributed by atoms with Crippen LogP contribution in [0.2, 0.25) is 0 Å². The van der Waals surface area contributed by atoms with Crippen molar-refractivity contribution in [2.45, 2.75) is 251 Å². The van der Waals surface area contributed by atoms with Gasteiger partial charge in [0.25, 0.3) is 0 Å². The molecule has 0 spiro atoms. The van der Waals surface area contributed by atoms with Gasteiger partial charge in [-0.05, 0) is 70.6 Å². The number of unbranched alkanes of at least 4 members (excludes halogenated alkanes) is 21. The molecule has 3 N–H and O–H groups in total. The molecule has 1 amide bonds. The topological polar surface area (TPSA) is 95.9 Å². The molecule has 0 bridgehead atoms. The summed E-state index contributed by atoms with van der Waals surface area (Å²) in [7, 11) is 0. The molecule has 0 aliphatic heterocycles. The first-order valence-electron chi connectivity index (χ1n) is 24.5. The maximum atomic E-state index is 13.1. The largest absolute Gasteiger partial charge is 0.462 e. The lowest BCUT2D eigenvalue weighted by Gasteiger charge is -2.24. The van der Waals surface area contributed by atoms with Gasteiger partial charge in [-0.2, -0.15) is 0 Å². The Morgan fingerprint density at radius 2 is 0.931 bits per heavy atom. The van der Waals surface area contributed by atoms with Crippen LogP contribution < -0.4 is 5.32 Å². The highest BCUT2D eigenvalue weighted by Crippen LogP contribution is 2.17. The summed E-state index contributed by atoms with van der Waals surface area (Å²) in [6, 6.07) is -0.706. The number of aliphatic hydroxyl groups is 2. The summed E-state index contributed by atoms with van der Waals surface area (Å²) in [5.74, 6) is -0.516. The normalized spacial score (nSPS) is 13.8. The predicted octanol–water partition coefficient (Wildman–Crippen LogP) is 14.5. The molecule has 0 saturated carbocycles. The summed E-state index contributed by atoms with van der Waals surface area (Å²) < 4.78 is 5.88. The van der Waals surface area contributed by atoms with Crippen molar-refractivity contribution in [2.24, 2.45) is 0 Å². The summed E-state index contributed by atoms with van der Waals surface area (Å²) in [6.07, 6.45) is 55.8. The van der Waals surface area contributed by atoms with Crippen LogP contribution in [0.25, 0.3) is 0 Å². The van der Waals surface area contributed by atoms with Crippen LogP contribution in [0, 0.1) is 0 Å². The maximum absolute atomic E-state index is 13.1. The Morgan fingerprint density at radius 3 is 1.40 bits per heavy atom. The van der Waals surface area contributed by atoms with E-state index in [-0.39, 0.29) is 24.9 Å². The molecule has 0 aromatic rings. The molecule has 0 aromatic heterocycles. The van der Waals surface area contributed by atoms with Crippen molar-refractivity contribution < 1.29 is 24.5 Å². The van der Waals surface area contributed by atoms with Crippen LogP contribution in [0.4, 0.5) is 0 Å². The van der Waals surface area contributed by atoms with Crippen molar-refractivity contribution in [1.82, 2.24) is 5.32 Å². The zero-order valence-corrected chi connectivity index (χ0v) is 38.2. The fourth-order valence-electron chi connectivity index (χ4n) is 7.16. The standard InChI is InChI=1S/C52H93NO5/c1-4-7-10-13-16-18-20-22-23-24-25-26-27-29-31-33-36-39-42-45-52(57)58-48(43-40-37-34-15-12-9-6-3)46-51(56)53-49(47-54)50(55)44-41-38-35-32-30-28-21-19-17-14-11-8-5-2/h7,10,16,18,22-23,25-26,29,31,48-50,54-55H,4-6,8-9,11-15,17,19-21,24,27-28,30,32-47H2,1-3H3,(H,53,56)/b10-7-,18-16-,23-22-,26-25-,31-29-. The van der Waals surface area contributed by atoms with Crippen LogP contribution in [-0.2, 0) is 14.3 Å². The first kappa shape index (κ1) is 55.6. The fraction of sp³-hybridized carbons (Fsp3) is 0.769. The van der Waals surface area contributed by atoms with E-state index in [1.54, 1.807) is 0 Å². The molecule has 0 aliphatic rings. The van der Waals surface area contributed by atoms with Gasteiger partial charge in [-0.25, -0.2) is 0 Å². The number of allylic oxidation sites excluding steroid dienone is 10. The zero-order valence-electron chi connectivity index (χ0n) is 38.2. The van der Waals surface area contributed by atoms with Gasteiger partial charge < -0.3 is 20.3 Å². The molecule has 3 unspecified atom stereocenters. The van der Waals surface area contributed by atoms with Crippen molar-refractivity contribution >= 4 is 11.9 Å². The highest BCUT2D eigenvalue weighted by molar-refractivity contribution is 5.77. The van der Waals surface area contributed by atoms with Gasteiger partial charge in [-0.1, -0.05) is 210 Å². The van der Waals surface area contributed by atoms with Crippen molar-refractivity contribution in [3.05, 3.63) is 60.8 Å². The number of amides is 1. The molecule has 6 heteroatoms. The highest BCUT2D eigenvalue weighted by atomic mass is 16.5. The molecule has 0 saturated heterocycles. The number of nitrogens with one attached hydrogen (secondary N) is 1. The Morgan fingerprint density at radius 1 is 0.517 bits per heavy atom. The van der Waals surface area contributed by atoms with Gasteiger partial charge in [0.05, 0.1) is 25.2 Å². The molecule has 0 aliphatic carbocycles. The number of hydrogen-bond acceptors (Lipinski definition) is 5. The first-order chi connectivity index (χ1) is 28.5. The number of esters is 1. The van der Waals surface area contributed by atoms with Crippen LogP contribution in [-0.4, -0.2) is 46.9 Å². The van der Waals surface area contributed by atoms with Crippen molar-refractivity contribution in [2.75, 3.05) is 6.61 Å². The molecule has 0 heterocycles. The van der Waals surface area contributed by atoms with Gasteiger partial charge in [0.1, 0.15) is 6.10 Å². The molecule has 0 fully saturated rings. The quantitative estimate of drug-likeness (QED) is 0.0324. The van der Waals surface area contributed by atoms with Gasteiger partial charge in [-0.3, -0.25) is 9.59 Å². The molecular weight excluding hydrogens is 719 g/mol. The Hall–Kier alpha value is -2.44. The third-order valence-corrected chi connectivity index (χ3v) is 10.9. The fourth-order valence-corrected chi connectivity index (χ4v) is 7.16. The van der Waals surface area contributed by atoms with Gasteiger partial charge in [-0.15, -0.1) is 0 Å². The average molecular weight is 812 g/mol. The molecule has 0 aromatic carbocycles. The lowest BCUT2D eigenvalue weighted by atomic mass is 10.0. The summed E-state index contributed by atoms with van der Waals surface area (Å²) in [6.45, 7) is 6.32. The molecule has 58 heavy (non-hydrogen) atoms. The average Bonchev–Trinajstić information content (AvgIpc) is 3.21. The Labute approximate surface area is 358 Å². The summed E-state index contributed by atoms with van der Waals surface area (Å²) in [5.41, 5.74) is 0. The van der Waals surface area contributed by atoms with Crippen LogP contribution >= 0.6 is 0 Å². The highest BCUT2D eigenvalue weighted by Gasteiger charge is 2.24. The number of aliphatic hydroxyl groups excluding tert-OH is 2. The zero-order chi connectivity index (χ0) is 42.4. The van der Waals surface area contributed by atoms with Gasteiger partial charge in [0.15, 0.2) is 0 Å². The van der Waals surface area contributed by atoms with Gasteiger partial charge in [0, 0.05) is 6.42 Å². The van der Waals surface area contributed by atoms with E-state index in [0.717, 1.165) is 96.3 Å². The van der Waals surface area contributed by atoms with Crippen LogP contribution in [0.1, 0.15) is 233 Å². The predicted molar refractivity (Wildman–Crippen MR) is 250 cm³/mol. The number of carbonyl (C=O) groups is 2. The van der Waals surface area contributed by atoms with Gasteiger partial charge in [0.2, 0.25) is 5.91 Å². The Balaban J connectivity index is 4.45. The van der Waals surface area contributed by atoms with Crippen LogP contribution in [0.5, 0.6) is 0 Å². The lowest BCUT2D eigenvalue weighted by Crippen LogP contribution is -2.46. The van der Waals surface area contributed by atoms with E-state index < -0.39 is 18.2 Å². The molecule has 336 valence electrons. The monoisotopic (exact) mass is 812 g/mol. The van der Waals surface area contributed by atoms with Crippen molar-refractivity contribution in [3.8, 4) is 0 Å². The molecular formula is C52H93NO5. The van der Waals surface area contributed by atoms with Gasteiger partial charge >= 0.3 is 5.97 Å². The SMILES string of the molecule is CC/C=C\C/C=C\C/C=C\C/C=C\C/C=C\CCCCCC(=O)OC(CCCCCCCCC)CC(=O)NC(CO)C(O)CCCCCCCCCCCCCCC. The van der Waals surface area contributed by atoms with E-state index in [1.165, 1.54) is 89.9 Å². The summed E-state index contributed by atoms with van der Waals surface area (Å²) in [4.78, 5) is 26.0. The molecule has 0 rings (SSSR count). The second-order valence-electron chi connectivity index (χ2n) is 16.5. The van der Waals surface area contributed by atoms with E-state index >= 15 is 0 Å². The van der Waals surface area contributed by atoms with E-state index in [0.29, 0.717) is 19.3 Å². The van der Waals surface area contributed by atoms with E-state index in [9.17, 15) is 19.8 Å². The van der Waals surface area contributed by atoms with E-state index in [1.807, 2.05) is 0 Å². The summed E-state index contributed by atoms with van der Waals surface area (Å²) >= 11 is 0. The Kier molecular flexibility index (Phi) is 43.7. The lowest BCUT2D eigenvalue weighted by molar-refractivity contribution is -0.151. The molecule has 0 radical (unpaired) electrons. The molecule has 3 atom stereocenters. The summed E-state index contributed by atoms with van der Waals surface area (Å²) in [5, 5.41) is 23.6. The van der Waals surface area contributed by atoms with Crippen LogP contribution in [0.15, 0.2) is 60.8 Å². The minimum atomic E-state index is -0.791. The van der Waals surface area contributed by atoms with E-state index in [4.69, 9.17) is 4.74 Å². The number of ether oxygens (including phenoxy) is 1. The number of carbonyl (C=O) groups excluding carboxylic acids is 2. The minimum absolute atomic E-state index is 0.0631. The second kappa shape index (κ2) is 45.6. The number of rotatable bonds is 43. The third-order valence-electron chi connectivity index (χ3n) is 10.9.